The molecule has 0 unspecified atom stereocenters. The summed E-state index contributed by atoms with van der Waals surface area (Å²) in [7, 11) is 0. The Balaban J connectivity index is 2.03. The Hall–Kier alpha value is -2.35. The van der Waals surface area contributed by atoms with Gasteiger partial charge in [-0.15, -0.1) is 0 Å². The van der Waals surface area contributed by atoms with Gasteiger partial charge >= 0.3 is 5.97 Å². The molecule has 0 bridgehead atoms. The lowest BCUT2D eigenvalue weighted by atomic mass is 9.74. The molecule has 1 atom stereocenters. The van der Waals surface area contributed by atoms with E-state index >= 15 is 0 Å². The van der Waals surface area contributed by atoms with Gasteiger partial charge in [-0.05, 0) is 17.2 Å². The number of carbonyl (C=O) groups excluding carboxylic acids is 1. The van der Waals surface area contributed by atoms with E-state index in [4.69, 9.17) is 4.74 Å². The molecule has 0 radical (unpaired) electrons. The zero-order chi connectivity index (χ0) is 14.7. The van der Waals surface area contributed by atoms with Crippen LogP contribution >= 0.6 is 0 Å². The molecular weight excluding hydrogens is 260 g/mol. The fourth-order valence-electron chi connectivity index (χ4n) is 3.09. The van der Waals surface area contributed by atoms with Gasteiger partial charge in [-0.2, -0.15) is 0 Å². The Bertz CT molecular complexity index is 604. The Kier molecular flexibility index (Phi) is 3.61. The summed E-state index contributed by atoms with van der Waals surface area (Å²) in [6.07, 6.45) is 4.76. The number of benzene rings is 2. The standard InChI is InChI=1S/C19H18O2/c1-15(20)21-18-12-13-19(14-18,16-8-4-2-5-9-16)17-10-6-3-7-11-17/h2-13,18H,14H2,1H3/t18-/m1/s1. The number of hydrogen-bond acceptors (Lipinski definition) is 2. The van der Waals surface area contributed by atoms with E-state index in [1.807, 2.05) is 42.5 Å². The molecule has 0 heterocycles. The Morgan fingerprint density at radius 3 is 2.00 bits per heavy atom. The van der Waals surface area contributed by atoms with Crippen LogP contribution < -0.4 is 0 Å². The van der Waals surface area contributed by atoms with Crippen molar-refractivity contribution in [1.29, 1.82) is 0 Å². The van der Waals surface area contributed by atoms with Crippen LogP contribution in [0.25, 0.3) is 0 Å². The Morgan fingerprint density at radius 2 is 1.52 bits per heavy atom. The largest absolute Gasteiger partial charge is 0.458 e. The number of allylic oxidation sites excluding steroid dienone is 1. The molecular formula is C19H18O2. The smallest absolute Gasteiger partial charge is 0.303 e. The van der Waals surface area contributed by atoms with Crippen molar-refractivity contribution in [2.24, 2.45) is 0 Å². The number of ether oxygens (including phenoxy) is 1. The van der Waals surface area contributed by atoms with E-state index in [1.165, 1.54) is 18.1 Å². The molecule has 2 aromatic rings. The predicted molar refractivity (Wildman–Crippen MR) is 83.0 cm³/mol. The summed E-state index contributed by atoms with van der Waals surface area (Å²) >= 11 is 0. The summed E-state index contributed by atoms with van der Waals surface area (Å²) in [5.74, 6) is -0.235. The van der Waals surface area contributed by atoms with E-state index in [2.05, 4.69) is 30.3 Å². The molecule has 0 fully saturated rings. The highest BCUT2D eigenvalue weighted by Gasteiger charge is 2.38. The van der Waals surface area contributed by atoms with E-state index in [9.17, 15) is 4.79 Å². The van der Waals surface area contributed by atoms with Crippen LogP contribution in [0.15, 0.2) is 72.8 Å². The van der Waals surface area contributed by atoms with Crippen molar-refractivity contribution < 1.29 is 9.53 Å². The number of esters is 1. The first-order valence-corrected chi connectivity index (χ1v) is 7.18. The average molecular weight is 278 g/mol. The maximum Gasteiger partial charge on any atom is 0.303 e. The highest BCUT2D eigenvalue weighted by atomic mass is 16.5. The molecule has 0 saturated heterocycles. The van der Waals surface area contributed by atoms with Gasteiger partial charge in [0.25, 0.3) is 0 Å². The topological polar surface area (TPSA) is 26.3 Å². The molecule has 0 N–H and O–H groups in total. The fraction of sp³-hybridized carbons (Fsp3) is 0.211. The van der Waals surface area contributed by atoms with Crippen molar-refractivity contribution in [3.8, 4) is 0 Å². The minimum atomic E-state index is -0.235. The second kappa shape index (κ2) is 5.57. The lowest BCUT2D eigenvalue weighted by molar-refractivity contribution is -0.144. The van der Waals surface area contributed by atoms with Gasteiger partial charge in [-0.3, -0.25) is 4.79 Å². The fourth-order valence-corrected chi connectivity index (χ4v) is 3.09. The maximum atomic E-state index is 11.2. The zero-order valence-electron chi connectivity index (χ0n) is 12.0. The molecule has 2 nitrogen and oxygen atoms in total. The SMILES string of the molecule is CC(=O)O[C@@H]1C=CC(c2ccccc2)(c2ccccc2)C1. The quantitative estimate of drug-likeness (QED) is 0.629. The normalized spacial score (nSPS) is 19.4. The van der Waals surface area contributed by atoms with Gasteiger partial charge < -0.3 is 4.74 Å². The minimum Gasteiger partial charge on any atom is -0.458 e. The summed E-state index contributed by atoms with van der Waals surface area (Å²) in [4.78, 5) is 11.2. The zero-order valence-corrected chi connectivity index (χ0v) is 12.0. The third-order valence-corrected chi connectivity index (χ3v) is 4.01. The van der Waals surface area contributed by atoms with Crippen molar-refractivity contribution in [2.75, 3.05) is 0 Å². The second-order valence-corrected chi connectivity index (χ2v) is 5.41. The number of carbonyl (C=O) groups is 1. The molecule has 0 spiro atoms. The lowest BCUT2D eigenvalue weighted by Crippen LogP contribution is -2.26. The number of hydrogen-bond donors (Lipinski definition) is 0. The van der Waals surface area contributed by atoms with Crippen LogP contribution in [0.4, 0.5) is 0 Å². The van der Waals surface area contributed by atoms with Crippen LogP contribution in [0.5, 0.6) is 0 Å². The van der Waals surface area contributed by atoms with Gasteiger partial charge in [0, 0.05) is 18.8 Å². The average Bonchev–Trinajstić information content (AvgIpc) is 2.93. The summed E-state index contributed by atoms with van der Waals surface area (Å²) in [6.45, 7) is 1.46. The number of rotatable bonds is 3. The van der Waals surface area contributed by atoms with Gasteiger partial charge in [0.05, 0.1) is 0 Å². The van der Waals surface area contributed by atoms with E-state index < -0.39 is 0 Å². The van der Waals surface area contributed by atoms with Crippen LogP contribution in [0.1, 0.15) is 24.5 Å². The van der Waals surface area contributed by atoms with Crippen molar-refractivity contribution in [2.45, 2.75) is 24.9 Å². The Labute approximate surface area is 125 Å². The molecule has 1 aliphatic rings. The third kappa shape index (κ3) is 2.62. The first kappa shape index (κ1) is 13.6. The minimum absolute atomic E-state index is 0.164. The van der Waals surface area contributed by atoms with Crippen LogP contribution in [0, 0.1) is 0 Å². The molecule has 106 valence electrons. The van der Waals surface area contributed by atoms with Crippen LogP contribution in [0.2, 0.25) is 0 Å². The van der Waals surface area contributed by atoms with Gasteiger partial charge in [-0.1, -0.05) is 66.7 Å². The van der Waals surface area contributed by atoms with E-state index in [0.717, 1.165) is 6.42 Å². The third-order valence-electron chi connectivity index (χ3n) is 4.01. The highest BCUT2D eigenvalue weighted by Crippen LogP contribution is 2.42. The molecule has 1 aliphatic carbocycles. The van der Waals surface area contributed by atoms with E-state index in [-0.39, 0.29) is 17.5 Å². The molecule has 2 aromatic carbocycles. The monoisotopic (exact) mass is 278 g/mol. The van der Waals surface area contributed by atoms with Crippen LogP contribution in [-0.4, -0.2) is 12.1 Å². The second-order valence-electron chi connectivity index (χ2n) is 5.41. The van der Waals surface area contributed by atoms with Crippen molar-refractivity contribution in [3.63, 3.8) is 0 Å². The molecule has 0 aliphatic heterocycles. The van der Waals surface area contributed by atoms with Gasteiger partial charge in [0.15, 0.2) is 0 Å². The van der Waals surface area contributed by atoms with Crippen LogP contribution in [-0.2, 0) is 14.9 Å². The summed E-state index contributed by atoms with van der Waals surface area (Å²) in [5.41, 5.74) is 2.23. The van der Waals surface area contributed by atoms with Gasteiger partial charge in [-0.25, -0.2) is 0 Å². The van der Waals surface area contributed by atoms with Crippen molar-refractivity contribution in [3.05, 3.63) is 83.9 Å². The van der Waals surface area contributed by atoms with Gasteiger partial charge in [0.2, 0.25) is 0 Å². The molecule has 2 heteroatoms. The molecule has 21 heavy (non-hydrogen) atoms. The lowest BCUT2D eigenvalue weighted by Gasteiger charge is -2.30. The van der Waals surface area contributed by atoms with Crippen molar-refractivity contribution in [1.82, 2.24) is 0 Å². The molecule has 0 aromatic heterocycles. The summed E-state index contributed by atoms with van der Waals surface area (Å²) < 4.78 is 5.38. The highest BCUT2D eigenvalue weighted by molar-refractivity contribution is 5.66. The van der Waals surface area contributed by atoms with Crippen molar-refractivity contribution >= 4 is 5.97 Å². The summed E-state index contributed by atoms with van der Waals surface area (Å²) in [6, 6.07) is 20.8. The van der Waals surface area contributed by atoms with Gasteiger partial charge in [0.1, 0.15) is 6.10 Å². The van der Waals surface area contributed by atoms with Crippen LogP contribution in [0.3, 0.4) is 0 Å². The van der Waals surface area contributed by atoms with E-state index in [0.29, 0.717) is 0 Å². The Morgan fingerprint density at radius 1 is 1.00 bits per heavy atom. The first-order chi connectivity index (χ1) is 10.2. The molecule has 3 rings (SSSR count). The van der Waals surface area contributed by atoms with E-state index in [1.54, 1.807) is 0 Å². The summed E-state index contributed by atoms with van der Waals surface area (Å²) in [5, 5.41) is 0. The predicted octanol–water partition coefficient (Wildman–Crippen LogP) is 3.86. The maximum absolute atomic E-state index is 11.2. The molecule has 0 amide bonds. The molecule has 0 saturated carbocycles. The first-order valence-electron chi connectivity index (χ1n) is 7.18.